The molecule has 2 heterocycles. The normalized spacial score (nSPS) is 10.6. The van der Waals surface area contributed by atoms with Crippen molar-refractivity contribution in [2.75, 3.05) is 6.54 Å². The van der Waals surface area contributed by atoms with Gasteiger partial charge in [-0.3, -0.25) is 0 Å². The zero-order valence-corrected chi connectivity index (χ0v) is 11.4. The third-order valence-electron chi connectivity index (χ3n) is 2.41. The largest absolute Gasteiger partial charge is 0.330 e. The lowest BCUT2D eigenvalue weighted by Gasteiger charge is -2.06. The number of aryl methyl sites for hydroxylation is 2. The smallest absolute Gasteiger partial charge is 0.194 e. The fourth-order valence-corrected chi connectivity index (χ4v) is 2.65. The third-order valence-corrected chi connectivity index (χ3v) is 3.34. The number of hydrogen-bond donors (Lipinski definition) is 1. The molecule has 2 rings (SSSR count). The van der Waals surface area contributed by atoms with Crippen molar-refractivity contribution >= 4 is 11.8 Å². The van der Waals surface area contributed by atoms with Crippen LogP contribution in [0.2, 0.25) is 0 Å². The van der Waals surface area contributed by atoms with Crippen LogP contribution in [-0.4, -0.2) is 21.5 Å². The number of aromatic nitrogens is 3. The van der Waals surface area contributed by atoms with Crippen molar-refractivity contribution in [1.29, 1.82) is 0 Å². The maximum absolute atomic E-state index is 5.60. The molecular weight excluding hydrogens is 244 g/mol. The van der Waals surface area contributed by atoms with Crippen LogP contribution in [0.5, 0.6) is 0 Å². The average Bonchev–Trinajstić information content (AvgIpc) is 2.30. The van der Waals surface area contributed by atoms with Gasteiger partial charge >= 0.3 is 0 Å². The maximum Gasteiger partial charge on any atom is 0.194 e. The summed E-state index contributed by atoms with van der Waals surface area (Å²) in [6.45, 7) is 4.56. The minimum atomic E-state index is 0.618. The molecule has 2 N–H and O–H groups in total. The zero-order valence-electron chi connectivity index (χ0n) is 10.6. The number of nitrogens with two attached hydrogens (primary N) is 1. The minimum absolute atomic E-state index is 0.618. The van der Waals surface area contributed by atoms with Crippen molar-refractivity contribution in [2.24, 2.45) is 5.73 Å². The van der Waals surface area contributed by atoms with Gasteiger partial charge in [0.05, 0.1) is 0 Å². The van der Waals surface area contributed by atoms with Crippen molar-refractivity contribution in [1.82, 2.24) is 15.0 Å². The molecular formula is C13H16N4S. The van der Waals surface area contributed by atoms with E-state index in [1.807, 2.05) is 32.0 Å². The third kappa shape index (κ3) is 3.27. The van der Waals surface area contributed by atoms with E-state index in [4.69, 9.17) is 5.73 Å². The molecule has 0 aliphatic heterocycles. The summed E-state index contributed by atoms with van der Waals surface area (Å²) in [4.78, 5) is 13.2. The Balaban J connectivity index is 2.27. The van der Waals surface area contributed by atoms with Crippen molar-refractivity contribution in [3.63, 3.8) is 0 Å². The van der Waals surface area contributed by atoms with Crippen LogP contribution >= 0.6 is 11.8 Å². The molecule has 4 nitrogen and oxygen atoms in total. The molecule has 0 bridgehead atoms. The van der Waals surface area contributed by atoms with Crippen molar-refractivity contribution in [3.05, 3.63) is 41.3 Å². The molecule has 18 heavy (non-hydrogen) atoms. The Labute approximate surface area is 111 Å². The Hall–Kier alpha value is -1.46. The molecule has 0 aliphatic carbocycles. The first-order valence-electron chi connectivity index (χ1n) is 5.83. The summed E-state index contributed by atoms with van der Waals surface area (Å²) in [5.41, 5.74) is 8.70. The first-order chi connectivity index (χ1) is 8.69. The number of rotatable bonds is 4. The Bertz CT molecular complexity index is 522. The van der Waals surface area contributed by atoms with E-state index in [2.05, 4.69) is 15.0 Å². The van der Waals surface area contributed by atoms with Gasteiger partial charge in [0, 0.05) is 17.6 Å². The van der Waals surface area contributed by atoms with E-state index < -0.39 is 0 Å². The van der Waals surface area contributed by atoms with Crippen LogP contribution in [-0.2, 0) is 6.42 Å². The number of hydrogen-bond acceptors (Lipinski definition) is 5. The molecule has 94 valence electrons. The Kier molecular flexibility index (Phi) is 4.28. The predicted molar refractivity (Wildman–Crippen MR) is 72.6 cm³/mol. The first-order valence-corrected chi connectivity index (χ1v) is 6.65. The van der Waals surface area contributed by atoms with Gasteiger partial charge in [-0.25, -0.2) is 15.0 Å². The van der Waals surface area contributed by atoms with E-state index in [1.54, 1.807) is 6.20 Å². The van der Waals surface area contributed by atoms with Crippen molar-refractivity contribution < 1.29 is 0 Å². The van der Waals surface area contributed by atoms with Crippen LogP contribution < -0.4 is 5.73 Å². The predicted octanol–water partition coefficient (Wildman–Crippen LogP) is 2.14. The van der Waals surface area contributed by atoms with Crippen molar-refractivity contribution in [2.45, 2.75) is 30.5 Å². The Morgan fingerprint density at radius 2 is 1.94 bits per heavy atom. The van der Waals surface area contributed by atoms with E-state index in [1.165, 1.54) is 11.8 Å². The van der Waals surface area contributed by atoms with Crippen LogP contribution in [0.25, 0.3) is 0 Å². The van der Waals surface area contributed by atoms with E-state index in [-0.39, 0.29) is 0 Å². The molecule has 0 unspecified atom stereocenters. The van der Waals surface area contributed by atoms with Gasteiger partial charge in [0.1, 0.15) is 5.03 Å². The molecule has 2 aromatic rings. The van der Waals surface area contributed by atoms with Gasteiger partial charge in [-0.05, 0) is 56.3 Å². The summed E-state index contributed by atoms with van der Waals surface area (Å²) in [6, 6.07) is 5.94. The summed E-state index contributed by atoms with van der Waals surface area (Å²) in [5, 5.41) is 1.68. The first kappa shape index (κ1) is 13.0. The van der Waals surface area contributed by atoms with E-state index in [0.29, 0.717) is 6.54 Å². The number of nitrogens with zero attached hydrogens (tertiary/aromatic N) is 3. The van der Waals surface area contributed by atoms with Crippen molar-refractivity contribution in [3.8, 4) is 0 Å². The van der Waals surface area contributed by atoms with Crippen LogP contribution in [0.3, 0.4) is 0 Å². The Morgan fingerprint density at radius 1 is 1.22 bits per heavy atom. The lowest BCUT2D eigenvalue weighted by Crippen LogP contribution is -2.04. The summed E-state index contributed by atoms with van der Waals surface area (Å²) < 4.78 is 0. The zero-order chi connectivity index (χ0) is 13.0. The molecule has 0 amide bonds. The van der Waals surface area contributed by atoms with Gasteiger partial charge in [-0.2, -0.15) is 0 Å². The average molecular weight is 260 g/mol. The highest BCUT2D eigenvalue weighted by Gasteiger charge is 2.08. The lowest BCUT2D eigenvalue weighted by molar-refractivity contribution is 0.883. The fourth-order valence-electron chi connectivity index (χ4n) is 1.69. The summed E-state index contributed by atoms with van der Waals surface area (Å²) in [5.74, 6) is 0. The molecule has 0 atom stereocenters. The van der Waals surface area contributed by atoms with Crippen LogP contribution in [0.15, 0.2) is 34.6 Å². The molecule has 0 fully saturated rings. The summed E-state index contributed by atoms with van der Waals surface area (Å²) >= 11 is 1.49. The highest BCUT2D eigenvalue weighted by Crippen LogP contribution is 2.26. The second-order valence-electron chi connectivity index (χ2n) is 4.04. The molecule has 0 radical (unpaired) electrons. The number of pyridine rings is 1. The monoisotopic (exact) mass is 260 g/mol. The highest BCUT2D eigenvalue weighted by atomic mass is 32.2. The van der Waals surface area contributed by atoms with E-state index in [9.17, 15) is 0 Å². The molecule has 0 saturated carbocycles. The summed E-state index contributed by atoms with van der Waals surface area (Å²) in [6.07, 6.45) is 2.60. The van der Waals surface area contributed by atoms with Gasteiger partial charge in [0.2, 0.25) is 0 Å². The van der Waals surface area contributed by atoms with Crippen LogP contribution in [0, 0.1) is 13.8 Å². The highest BCUT2D eigenvalue weighted by molar-refractivity contribution is 7.99. The van der Waals surface area contributed by atoms with Gasteiger partial charge in [-0.1, -0.05) is 6.07 Å². The molecule has 0 spiro atoms. The summed E-state index contributed by atoms with van der Waals surface area (Å²) in [7, 11) is 0. The van der Waals surface area contributed by atoms with Gasteiger partial charge < -0.3 is 5.73 Å². The lowest BCUT2D eigenvalue weighted by atomic mass is 10.2. The fraction of sp³-hybridized carbons (Fsp3) is 0.308. The molecule has 0 aliphatic rings. The van der Waals surface area contributed by atoms with E-state index >= 15 is 0 Å². The molecule has 0 aromatic carbocycles. The SMILES string of the molecule is Cc1cc(C)nc(Sc2ncccc2CCN)n1. The van der Waals surface area contributed by atoms with E-state index in [0.717, 1.165) is 33.6 Å². The van der Waals surface area contributed by atoms with Gasteiger partial charge in [-0.15, -0.1) is 0 Å². The van der Waals surface area contributed by atoms with Gasteiger partial charge in [0.15, 0.2) is 5.16 Å². The van der Waals surface area contributed by atoms with Gasteiger partial charge in [0.25, 0.3) is 0 Å². The molecule has 5 heteroatoms. The second kappa shape index (κ2) is 5.93. The minimum Gasteiger partial charge on any atom is -0.330 e. The Morgan fingerprint density at radius 3 is 2.61 bits per heavy atom. The maximum atomic E-state index is 5.60. The molecule has 2 aromatic heterocycles. The van der Waals surface area contributed by atoms with Crippen LogP contribution in [0.4, 0.5) is 0 Å². The molecule has 0 saturated heterocycles. The van der Waals surface area contributed by atoms with Crippen LogP contribution in [0.1, 0.15) is 17.0 Å². The topological polar surface area (TPSA) is 64.7 Å². The second-order valence-corrected chi connectivity index (χ2v) is 5.00. The standard InChI is InChI=1S/C13H16N4S/c1-9-8-10(2)17-13(16-9)18-12-11(5-6-14)4-3-7-15-12/h3-4,7-8H,5-6,14H2,1-2H3. The quantitative estimate of drug-likeness (QED) is 0.853.